The van der Waals surface area contributed by atoms with Crippen molar-refractivity contribution in [2.24, 2.45) is 0 Å². The van der Waals surface area contributed by atoms with Gasteiger partial charge in [0.05, 0.1) is 43.9 Å². The minimum Gasteiger partial charge on any atom is -0.462 e. The fourth-order valence-electron chi connectivity index (χ4n) is 4.25. The minimum absolute atomic E-state index is 0.0755. The van der Waals surface area contributed by atoms with Gasteiger partial charge in [0.25, 0.3) is 5.91 Å². The Morgan fingerprint density at radius 3 is 2.42 bits per heavy atom. The second kappa shape index (κ2) is 9.27. The third-order valence-corrected chi connectivity index (χ3v) is 5.90. The Balaban J connectivity index is 1.53. The molecule has 1 aliphatic rings. The van der Waals surface area contributed by atoms with Gasteiger partial charge < -0.3 is 14.5 Å². The topological polar surface area (TPSA) is 63.9 Å². The number of esters is 1. The van der Waals surface area contributed by atoms with Crippen molar-refractivity contribution in [3.63, 3.8) is 0 Å². The Bertz CT molecular complexity index is 1090. The molecule has 0 atom stereocenters. The van der Waals surface area contributed by atoms with E-state index in [1.54, 1.807) is 0 Å². The van der Waals surface area contributed by atoms with Gasteiger partial charge in [-0.1, -0.05) is 36.4 Å². The van der Waals surface area contributed by atoms with E-state index in [0.717, 1.165) is 40.8 Å². The maximum Gasteiger partial charge on any atom is 0.340 e. The first kappa shape index (κ1) is 21.0. The molecule has 0 bridgehead atoms. The summed E-state index contributed by atoms with van der Waals surface area (Å²) in [6, 6.07) is 17.3. The monoisotopic (exact) mass is 418 g/mol. The van der Waals surface area contributed by atoms with E-state index in [2.05, 4.69) is 0 Å². The van der Waals surface area contributed by atoms with Gasteiger partial charge >= 0.3 is 5.97 Å². The highest BCUT2D eigenvalue weighted by Crippen LogP contribution is 2.23. The molecule has 0 aliphatic carbocycles. The summed E-state index contributed by atoms with van der Waals surface area (Å²) < 4.78 is 5.34. The van der Waals surface area contributed by atoms with Crippen molar-refractivity contribution in [3.05, 3.63) is 77.0 Å². The van der Waals surface area contributed by atoms with Crippen LogP contribution in [-0.2, 0) is 11.3 Å². The molecule has 2 aromatic carbocycles. The molecule has 4 rings (SSSR count). The molecule has 1 saturated heterocycles. The molecule has 1 amide bonds. The van der Waals surface area contributed by atoms with Gasteiger partial charge in [-0.25, -0.2) is 9.78 Å². The van der Waals surface area contributed by atoms with Crippen molar-refractivity contribution in [1.29, 1.82) is 0 Å². The van der Waals surface area contributed by atoms with E-state index in [9.17, 15) is 9.59 Å². The van der Waals surface area contributed by atoms with E-state index in [1.807, 2.05) is 73.3 Å². The summed E-state index contributed by atoms with van der Waals surface area (Å²) in [4.78, 5) is 33.5. The third-order valence-electron chi connectivity index (χ3n) is 5.90. The van der Waals surface area contributed by atoms with Gasteiger partial charge in [0.1, 0.15) is 12.2 Å². The molecule has 1 N–H and O–H groups in total. The van der Waals surface area contributed by atoms with E-state index in [4.69, 9.17) is 9.72 Å². The van der Waals surface area contributed by atoms with Crippen molar-refractivity contribution < 1.29 is 19.2 Å². The number of amides is 1. The van der Waals surface area contributed by atoms with Crippen LogP contribution in [0.1, 0.15) is 38.9 Å². The van der Waals surface area contributed by atoms with Crippen LogP contribution in [0.2, 0.25) is 0 Å². The van der Waals surface area contributed by atoms with Gasteiger partial charge in [-0.3, -0.25) is 4.79 Å². The molecule has 6 nitrogen and oxygen atoms in total. The molecule has 0 radical (unpaired) electrons. The average molecular weight is 419 g/mol. The van der Waals surface area contributed by atoms with Crippen LogP contribution in [0.5, 0.6) is 0 Å². The van der Waals surface area contributed by atoms with Crippen molar-refractivity contribution in [2.75, 3.05) is 32.8 Å². The number of nitrogens with one attached hydrogen (secondary N) is 1. The number of aryl methyl sites for hydroxylation is 1. The van der Waals surface area contributed by atoms with Crippen LogP contribution in [-0.4, -0.2) is 54.5 Å². The van der Waals surface area contributed by atoms with Crippen molar-refractivity contribution in [2.45, 2.75) is 20.4 Å². The Morgan fingerprint density at radius 2 is 1.71 bits per heavy atom. The lowest BCUT2D eigenvalue weighted by Crippen LogP contribution is -3.13. The molecule has 0 spiro atoms. The van der Waals surface area contributed by atoms with Crippen LogP contribution >= 0.6 is 0 Å². The number of quaternary nitrogens is 1. The zero-order valence-electron chi connectivity index (χ0n) is 18.1. The number of nitrogens with zero attached hydrogens (tertiary/aromatic N) is 2. The molecule has 3 aromatic rings. The second-order valence-corrected chi connectivity index (χ2v) is 7.88. The maximum absolute atomic E-state index is 12.7. The van der Waals surface area contributed by atoms with E-state index in [-0.39, 0.29) is 11.9 Å². The number of aromatic nitrogens is 1. The molecule has 0 saturated carbocycles. The fraction of sp³-hybridized carbons (Fsp3) is 0.320. The number of pyridine rings is 1. The molecular weight excluding hydrogens is 390 g/mol. The normalized spacial score (nSPS) is 14.6. The number of hydrogen-bond acceptors (Lipinski definition) is 4. The van der Waals surface area contributed by atoms with Crippen LogP contribution in [0, 0.1) is 6.92 Å². The molecule has 0 unspecified atom stereocenters. The lowest BCUT2D eigenvalue weighted by Gasteiger charge is -2.32. The Hall–Kier alpha value is -3.25. The van der Waals surface area contributed by atoms with Crippen LogP contribution in [0.3, 0.4) is 0 Å². The summed E-state index contributed by atoms with van der Waals surface area (Å²) in [6.07, 6.45) is 0. The Kier molecular flexibility index (Phi) is 6.28. The molecule has 1 fully saturated rings. The molecule has 1 aliphatic heterocycles. The first-order chi connectivity index (χ1) is 15.1. The van der Waals surface area contributed by atoms with E-state index in [1.165, 1.54) is 4.90 Å². The largest absolute Gasteiger partial charge is 0.462 e. The number of ether oxygens (including phenoxy) is 1. The highest BCUT2D eigenvalue weighted by atomic mass is 16.5. The molecule has 31 heavy (non-hydrogen) atoms. The van der Waals surface area contributed by atoms with Gasteiger partial charge in [-0.05, 0) is 37.6 Å². The second-order valence-electron chi connectivity index (χ2n) is 7.88. The van der Waals surface area contributed by atoms with Crippen molar-refractivity contribution >= 4 is 22.8 Å². The zero-order valence-corrected chi connectivity index (χ0v) is 18.1. The van der Waals surface area contributed by atoms with Crippen molar-refractivity contribution in [3.8, 4) is 0 Å². The molecule has 160 valence electrons. The summed E-state index contributed by atoms with van der Waals surface area (Å²) in [5.74, 6) is -0.239. The first-order valence-corrected chi connectivity index (χ1v) is 10.8. The van der Waals surface area contributed by atoms with Crippen LogP contribution in [0.15, 0.2) is 54.6 Å². The number of benzene rings is 2. The lowest BCUT2D eigenvalue weighted by atomic mass is 10.0. The van der Waals surface area contributed by atoms with Gasteiger partial charge in [0.15, 0.2) is 0 Å². The number of hydrogen-bond donors (Lipinski definition) is 1. The number of carbonyl (C=O) groups excluding carboxylic acids is 2. The van der Waals surface area contributed by atoms with E-state index in [0.29, 0.717) is 31.8 Å². The van der Waals surface area contributed by atoms with Gasteiger partial charge in [0, 0.05) is 10.9 Å². The van der Waals surface area contributed by atoms with Gasteiger partial charge in [-0.2, -0.15) is 0 Å². The Labute approximate surface area is 182 Å². The number of piperazine rings is 1. The van der Waals surface area contributed by atoms with Crippen LogP contribution in [0.25, 0.3) is 10.9 Å². The SMILES string of the molecule is CCOC(=O)c1c(C[NH+]2CCN(C(=O)c3ccccc3)CC2)nc2ccccc2c1C. The minimum atomic E-state index is -0.314. The molecule has 1 aromatic heterocycles. The fourth-order valence-corrected chi connectivity index (χ4v) is 4.25. The number of para-hydroxylation sites is 1. The smallest absolute Gasteiger partial charge is 0.340 e. The highest BCUT2D eigenvalue weighted by molar-refractivity contribution is 5.98. The first-order valence-electron chi connectivity index (χ1n) is 10.8. The Morgan fingerprint density at radius 1 is 1.03 bits per heavy atom. The third kappa shape index (κ3) is 4.44. The predicted octanol–water partition coefficient (Wildman–Crippen LogP) is 2.26. The summed E-state index contributed by atoms with van der Waals surface area (Å²) in [5, 5.41) is 0.975. The van der Waals surface area contributed by atoms with Crippen molar-refractivity contribution in [1.82, 2.24) is 9.88 Å². The van der Waals surface area contributed by atoms with E-state index >= 15 is 0 Å². The molecule has 6 heteroatoms. The van der Waals surface area contributed by atoms with Crippen LogP contribution < -0.4 is 4.90 Å². The quantitative estimate of drug-likeness (QED) is 0.646. The van der Waals surface area contributed by atoms with E-state index < -0.39 is 0 Å². The van der Waals surface area contributed by atoms with Gasteiger partial charge in [-0.15, -0.1) is 0 Å². The molecular formula is C25H28N3O3+. The summed E-state index contributed by atoms with van der Waals surface area (Å²) in [6.45, 7) is 7.74. The average Bonchev–Trinajstić information content (AvgIpc) is 2.80. The maximum atomic E-state index is 12.7. The lowest BCUT2D eigenvalue weighted by molar-refractivity contribution is -0.917. The summed E-state index contributed by atoms with van der Waals surface area (Å²) >= 11 is 0. The number of carbonyl (C=O) groups is 2. The highest BCUT2D eigenvalue weighted by Gasteiger charge is 2.28. The van der Waals surface area contributed by atoms with Gasteiger partial charge in [0.2, 0.25) is 0 Å². The van der Waals surface area contributed by atoms with Crippen LogP contribution in [0.4, 0.5) is 0 Å². The zero-order chi connectivity index (χ0) is 21.8. The summed E-state index contributed by atoms with van der Waals surface area (Å²) in [5.41, 5.74) is 3.88. The summed E-state index contributed by atoms with van der Waals surface area (Å²) in [7, 11) is 0. The number of fused-ring (bicyclic) bond motifs is 1. The standard InChI is InChI=1S/C25H27N3O3/c1-3-31-25(30)23-18(2)20-11-7-8-12-21(20)26-22(23)17-27-13-15-28(16-14-27)24(29)19-9-5-4-6-10-19/h4-12H,3,13-17H2,1-2H3/p+1. The number of rotatable bonds is 5. The predicted molar refractivity (Wildman–Crippen MR) is 119 cm³/mol. The molecule has 2 heterocycles.